The second-order valence-corrected chi connectivity index (χ2v) is 6.72. The third-order valence-corrected chi connectivity index (χ3v) is 4.74. The molecule has 0 spiro atoms. The molecule has 2 rings (SSSR count). The molecule has 5 nitrogen and oxygen atoms in total. The monoisotopic (exact) mass is 282 g/mol. The lowest BCUT2D eigenvalue weighted by atomic mass is 9.89. The zero-order valence-electron chi connectivity index (χ0n) is 12.4. The number of carbonyl (C=O) groups is 2. The fraction of sp³-hybridized carbons (Fsp3) is 0.867. The molecule has 5 heteroatoms. The Morgan fingerprint density at radius 3 is 2.55 bits per heavy atom. The molecule has 2 saturated heterocycles. The van der Waals surface area contributed by atoms with Crippen LogP contribution >= 0.6 is 0 Å². The lowest BCUT2D eigenvalue weighted by Crippen LogP contribution is -2.39. The number of aliphatic carboxylic acids is 1. The molecule has 2 aliphatic rings. The highest BCUT2D eigenvalue weighted by Crippen LogP contribution is 2.42. The van der Waals surface area contributed by atoms with Crippen LogP contribution < -0.4 is 5.73 Å². The number of carboxylic acid groups (broad SMARTS) is 1. The number of fused-ring (bicyclic) bond motifs is 2. The van der Waals surface area contributed by atoms with Gasteiger partial charge in [0.25, 0.3) is 0 Å². The average molecular weight is 282 g/mol. The van der Waals surface area contributed by atoms with E-state index < -0.39 is 5.97 Å². The predicted molar refractivity (Wildman–Crippen MR) is 76.0 cm³/mol. The highest BCUT2D eigenvalue weighted by Gasteiger charge is 2.51. The van der Waals surface area contributed by atoms with Crippen LogP contribution in [0.25, 0.3) is 0 Å². The number of carbonyl (C=O) groups excluding carboxylic acids is 1. The lowest BCUT2D eigenvalue weighted by Gasteiger charge is -2.26. The second-order valence-electron chi connectivity index (χ2n) is 6.72. The van der Waals surface area contributed by atoms with E-state index >= 15 is 0 Å². The number of carboxylic acids is 1. The van der Waals surface area contributed by atoms with Crippen LogP contribution in [-0.2, 0) is 9.59 Å². The molecule has 0 aromatic rings. The molecule has 0 saturated carbocycles. The fourth-order valence-corrected chi connectivity index (χ4v) is 3.92. The third-order valence-electron chi connectivity index (χ3n) is 4.74. The Hall–Kier alpha value is -1.10. The zero-order chi connectivity index (χ0) is 14.9. The van der Waals surface area contributed by atoms with Gasteiger partial charge in [-0.25, -0.2) is 0 Å². The predicted octanol–water partition coefficient (Wildman–Crippen LogP) is 1.46. The van der Waals surface area contributed by atoms with Gasteiger partial charge in [0, 0.05) is 18.5 Å². The van der Waals surface area contributed by atoms with Crippen LogP contribution in [-0.4, -0.2) is 40.5 Å². The van der Waals surface area contributed by atoms with Gasteiger partial charge in [-0.15, -0.1) is 0 Å². The summed E-state index contributed by atoms with van der Waals surface area (Å²) in [6.07, 6.45) is 3.84. The van der Waals surface area contributed by atoms with Gasteiger partial charge in [-0.3, -0.25) is 9.59 Å². The van der Waals surface area contributed by atoms with Crippen molar-refractivity contribution in [1.29, 1.82) is 0 Å². The molecule has 20 heavy (non-hydrogen) atoms. The third kappa shape index (κ3) is 2.97. The normalized spacial score (nSPS) is 30.0. The molecule has 2 heterocycles. The van der Waals surface area contributed by atoms with Gasteiger partial charge in [0.05, 0.1) is 5.92 Å². The van der Waals surface area contributed by atoms with E-state index in [-0.39, 0.29) is 29.8 Å². The topological polar surface area (TPSA) is 83.6 Å². The number of hydrogen-bond acceptors (Lipinski definition) is 3. The van der Waals surface area contributed by atoms with E-state index in [1.807, 2.05) is 4.90 Å². The van der Waals surface area contributed by atoms with E-state index in [2.05, 4.69) is 13.8 Å². The van der Waals surface area contributed by atoms with Crippen molar-refractivity contribution in [3.63, 3.8) is 0 Å². The van der Waals surface area contributed by atoms with Gasteiger partial charge < -0.3 is 15.7 Å². The van der Waals surface area contributed by atoms with Crippen LogP contribution in [0.3, 0.4) is 0 Å². The molecule has 2 fully saturated rings. The number of amides is 1. The Morgan fingerprint density at radius 2 is 2.05 bits per heavy atom. The van der Waals surface area contributed by atoms with E-state index in [1.165, 1.54) is 0 Å². The molecule has 2 aliphatic heterocycles. The Labute approximate surface area is 120 Å². The van der Waals surface area contributed by atoms with Gasteiger partial charge >= 0.3 is 5.97 Å². The summed E-state index contributed by atoms with van der Waals surface area (Å²) in [5, 5.41) is 9.22. The summed E-state index contributed by atoms with van der Waals surface area (Å²) in [6.45, 7) is 4.79. The summed E-state index contributed by atoms with van der Waals surface area (Å²) in [7, 11) is 0. The smallest absolute Gasteiger partial charge is 0.308 e. The summed E-state index contributed by atoms with van der Waals surface area (Å²) >= 11 is 0. The largest absolute Gasteiger partial charge is 0.481 e. The highest BCUT2D eigenvalue weighted by molar-refractivity contribution is 5.80. The molecular formula is C15H26N2O3. The minimum absolute atomic E-state index is 0.0810. The van der Waals surface area contributed by atoms with E-state index in [1.54, 1.807) is 0 Å². The van der Waals surface area contributed by atoms with Gasteiger partial charge in [-0.1, -0.05) is 13.8 Å². The number of hydrogen-bond donors (Lipinski definition) is 2. The molecule has 0 aromatic heterocycles. The quantitative estimate of drug-likeness (QED) is 0.772. The van der Waals surface area contributed by atoms with Crippen molar-refractivity contribution in [2.75, 3.05) is 6.54 Å². The van der Waals surface area contributed by atoms with Crippen molar-refractivity contribution in [3.8, 4) is 0 Å². The van der Waals surface area contributed by atoms with Crippen molar-refractivity contribution in [2.45, 2.75) is 58.0 Å². The van der Waals surface area contributed by atoms with Crippen LogP contribution in [0.5, 0.6) is 0 Å². The Bertz CT molecular complexity index is 383. The minimum Gasteiger partial charge on any atom is -0.481 e. The van der Waals surface area contributed by atoms with Crippen LogP contribution in [0, 0.1) is 17.8 Å². The summed E-state index contributed by atoms with van der Waals surface area (Å²) in [5.41, 5.74) is 5.76. The van der Waals surface area contributed by atoms with E-state index in [0.717, 1.165) is 19.3 Å². The molecule has 0 radical (unpaired) electrons. The van der Waals surface area contributed by atoms with Crippen molar-refractivity contribution in [2.24, 2.45) is 23.5 Å². The Balaban J connectivity index is 1.98. The van der Waals surface area contributed by atoms with Crippen molar-refractivity contribution in [3.05, 3.63) is 0 Å². The molecule has 4 atom stereocenters. The number of nitrogens with two attached hydrogens (primary N) is 1. The number of nitrogens with zero attached hydrogens (tertiary/aromatic N) is 1. The summed E-state index contributed by atoms with van der Waals surface area (Å²) in [5.74, 6) is -0.270. The lowest BCUT2D eigenvalue weighted by molar-refractivity contribution is -0.143. The highest BCUT2D eigenvalue weighted by atomic mass is 16.4. The number of rotatable bonds is 6. The second kappa shape index (κ2) is 6.12. The average Bonchev–Trinajstić information content (AvgIpc) is 2.94. The van der Waals surface area contributed by atoms with Crippen LogP contribution in [0.15, 0.2) is 0 Å². The molecule has 114 valence electrons. The van der Waals surface area contributed by atoms with Crippen LogP contribution in [0.4, 0.5) is 0 Å². The zero-order valence-corrected chi connectivity index (χ0v) is 12.4. The van der Waals surface area contributed by atoms with Gasteiger partial charge in [0.2, 0.25) is 5.91 Å². The fourth-order valence-electron chi connectivity index (χ4n) is 3.92. The van der Waals surface area contributed by atoms with E-state index in [4.69, 9.17) is 5.73 Å². The molecular weight excluding hydrogens is 256 g/mol. The standard InChI is InChI=1S/C15H26N2O3/c1-9(2)5-10(8-16)6-14(18)17-11-3-4-13(17)12(7-11)15(19)20/h9-13H,3-8,16H2,1-2H3,(H,19,20)/t10-,11?,12?,13?/m0/s1. The van der Waals surface area contributed by atoms with Crippen molar-refractivity contribution >= 4 is 11.9 Å². The molecule has 0 aromatic carbocycles. The molecule has 1 amide bonds. The van der Waals surface area contributed by atoms with Gasteiger partial charge in [-0.05, 0) is 44.1 Å². The first-order valence-electron chi connectivity index (χ1n) is 7.68. The maximum Gasteiger partial charge on any atom is 0.308 e. The molecule has 3 N–H and O–H groups in total. The SMILES string of the molecule is CC(C)C[C@H](CN)CC(=O)N1C2CCC1C(C(=O)O)C2. The first-order chi connectivity index (χ1) is 9.43. The van der Waals surface area contributed by atoms with Crippen LogP contribution in [0.2, 0.25) is 0 Å². The summed E-state index contributed by atoms with van der Waals surface area (Å²) in [4.78, 5) is 25.6. The van der Waals surface area contributed by atoms with E-state index in [0.29, 0.717) is 25.3 Å². The first-order valence-corrected chi connectivity index (χ1v) is 7.68. The molecule has 2 bridgehead atoms. The summed E-state index contributed by atoms with van der Waals surface area (Å²) < 4.78 is 0. The van der Waals surface area contributed by atoms with Crippen LogP contribution in [0.1, 0.15) is 46.0 Å². The maximum absolute atomic E-state index is 12.5. The van der Waals surface area contributed by atoms with Gasteiger partial charge in [0.1, 0.15) is 0 Å². The molecule has 3 unspecified atom stereocenters. The van der Waals surface area contributed by atoms with Gasteiger partial charge in [0.15, 0.2) is 0 Å². The molecule has 0 aliphatic carbocycles. The van der Waals surface area contributed by atoms with Crippen molar-refractivity contribution < 1.29 is 14.7 Å². The Kier molecular flexibility index (Phi) is 4.68. The Morgan fingerprint density at radius 1 is 1.35 bits per heavy atom. The van der Waals surface area contributed by atoms with Crippen molar-refractivity contribution in [1.82, 2.24) is 4.90 Å². The van der Waals surface area contributed by atoms with Gasteiger partial charge in [-0.2, -0.15) is 0 Å². The van der Waals surface area contributed by atoms with E-state index in [9.17, 15) is 14.7 Å². The minimum atomic E-state index is -0.757. The first kappa shape index (κ1) is 15.3. The maximum atomic E-state index is 12.5. The summed E-state index contributed by atoms with van der Waals surface area (Å²) in [6, 6.07) is 0.0635.